The van der Waals surface area contributed by atoms with Crippen LogP contribution in [0, 0.1) is 11.8 Å². The SMILES string of the molecule is CC(CC(=O)N1CCCCCC1c1ccccc1)C1CCNCC1.Cl. The molecule has 2 aliphatic rings. The number of hydrogen-bond acceptors (Lipinski definition) is 2. The van der Waals surface area contributed by atoms with Gasteiger partial charge in [-0.05, 0) is 56.2 Å². The maximum atomic E-state index is 13.1. The summed E-state index contributed by atoms with van der Waals surface area (Å²) < 4.78 is 0. The molecule has 0 aliphatic carbocycles. The van der Waals surface area contributed by atoms with Crippen molar-refractivity contribution in [1.29, 1.82) is 0 Å². The molecule has 3 nitrogen and oxygen atoms in total. The van der Waals surface area contributed by atoms with Crippen LogP contribution in [0.1, 0.15) is 63.5 Å². The number of nitrogens with zero attached hydrogens (tertiary/aromatic N) is 1. The fourth-order valence-electron chi connectivity index (χ4n) is 4.40. The first kappa shape index (κ1) is 20.3. The molecule has 1 amide bonds. The topological polar surface area (TPSA) is 32.3 Å². The minimum Gasteiger partial charge on any atom is -0.336 e. The lowest BCUT2D eigenvalue weighted by atomic mass is 9.83. The Morgan fingerprint density at radius 1 is 1.12 bits per heavy atom. The maximum absolute atomic E-state index is 13.1. The van der Waals surface area contributed by atoms with Crippen LogP contribution in [0.3, 0.4) is 0 Å². The molecule has 1 aromatic rings. The van der Waals surface area contributed by atoms with Crippen LogP contribution in [0.25, 0.3) is 0 Å². The molecule has 0 aromatic heterocycles. The summed E-state index contributed by atoms with van der Waals surface area (Å²) in [6.45, 7) is 5.43. The summed E-state index contributed by atoms with van der Waals surface area (Å²) in [4.78, 5) is 15.3. The number of hydrogen-bond donors (Lipinski definition) is 1. The first-order chi connectivity index (χ1) is 11.8. The molecule has 25 heavy (non-hydrogen) atoms. The van der Waals surface area contributed by atoms with Gasteiger partial charge in [-0.25, -0.2) is 0 Å². The van der Waals surface area contributed by atoms with E-state index >= 15 is 0 Å². The summed E-state index contributed by atoms with van der Waals surface area (Å²) >= 11 is 0. The second-order valence-electron chi connectivity index (χ2n) is 7.63. The van der Waals surface area contributed by atoms with Gasteiger partial charge in [0.15, 0.2) is 0 Å². The van der Waals surface area contributed by atoms with Crippen molar-refractivity contribution >= 4 is 18.3 Å². The van der Waals surface area contributed by atoms with E-state index in [4.69, 9.17) is 0 Å². The van der Waals surface area contributed by atoms with E-state index < -0.39 is 0 Å². The molecule has 0 bridgehead atoms. The number of nitrogens with one attached hydrogen (secondary N) is 1. The summed E-state index contributed by atoms with van der Waals surface area (Å²) in [6.07, 6.45) is 7.89. The molecule has 4 heteroatoms. The lowest BCUT2D eigenvalue weighted by Crippen LogP contribution is -2.37. The number of piperidine rings is 1. The number of likely N-dealkylation sites (tertiary alicyclic amines) is 1. The van der Waals surface area contributed by atoms with Gasteiger partial charge < -0.3 is 10.2 Å². The Balaban J connectivity index is 0.00000225. The molecule has 1 N–H and O–H groups in total. The Kier molecular flexibility index (Phi) is 8.25. The monoisotopic (exact) mass is 364 g/mol. The Hall–Kier alpha value is -1.06. The molecule has 1 aromatic carbocycles. The molecule has 0 saturated carbocycles. The molecular formula is C21H33ClN2O. The first-order valence-electron chi connectivity index (χ1n) is 9.81. The number of carbonyl (C=O) groups is 1. The van der Waals surface area contributed by atoms with Gasteiger partial charge in [-0.1, -0.05) is 50.1 Å². The second-order valence-corrected chi connectivity index (χ2v) is 7.63. The second kappa shape index (κ2) is 10.2. The van der Waals surface area contributed by atoms with Crippen LogP contribution in [0.5, 0.6) is 0 Å². The van der Waals surface area contributed by atoms with Gasteiger partial charge >= 0.3 is 0 Å². The summed E-state index contributed by atoms with van der Waals surface area (Å²) in [7, 11) is 0. The van der Waals surface area contributed by atoms with Crippen LogP contribution in [-0.4, -0.2) is 30.4 Å². The van der Waals surface area contributed by atoms with Gasteiger partial charge in [0.25, 0.3) is 0 Å². The van der Waals surface area contributed by atoms with Crippen molar-refractivity contribution in [2.75, 3.05) is 19.6 Å². The van der Waals surface area contributed by atoms with E-state index in [9.17, 15) is 4.79 Å². The van der Waals surface area contributed by atoms with E-state index in [0.717, 1.165) is 32.5 Å². The van der Waals surface area contributed by atoms with E-state index in [1.165, 1.54) is 31.2 Å². The molecule has 2 aliphatic heterocycles. The lowest BCUT2D eigenvalue weighted by Gasteiger charge is -2.33. The maximum Gasteiger partial charge on any atom is 0.223 e. The van der Waals surface area contributed by atoms with Crippen LogP contribution in [0.4, 0.5) is 0 Å². The zero-order valence-corrected chi connectivity index (χ0v) is 16.3. The Morgan fingerprint density at radius 3 is 2.56 bits per heavy atom. The summed E-state index contributed by atoms with van der Waals surface area (Å²) in [6, 6.07) is 10.9. The Labute approximate surface area is 159 Å². The minimum atomic E-state index is 0. The quantitative estimate of drug-likeness (QED) is 0.848. The van der Waals surface area contributed by atoms with Crippen molar-refractivity contribution in [2.45, 2.75) is 57.9 Å². The lowest BCUT2D eigenvalue weighted by molar-refractivity contribution is -0.135. The highest BCUT2D eigenvalue weighted by Crippen LogP contribution is 2.32. The molecule has 3 rings (SSSR count). The molecule has 0 spiro atoms. The standard InChI is InChI=1S/C21H32N2O.ClH/c1-17(18-11-13-22-14-12-18)16-21(24)23-15-7-3-6-10-20(23)19-8-4-2-5-9-19;/h2,4-5,8-9,17-18,20,22H,3,6-7,10-16H2,1H3;1H. The zero-order chi connectivity index (χ0) is 16.8. The van der Waals surface area contributed by atoms with Gasteiger partial charge in [0.1, 0.15) is 0 Å². The zero-order valence-electron chi connectivity index (χ0n) is 15.5. The molecule has 2 unspecified atom stereocenters. The third-order valence-corrected chi connectivity index (χ3v) is 5.94. The average molecular weight is 365 g/mol. The predicted octanol–water partition coefficient (Wildman–Crippen LogP) is 4.58. The molecular weight excluding hydrogens is 332 g/mol. The van der Waals surface area contributed by atoms with Crippen molar-refractivity contribution in [3.63, 3.8) is 0 Å². The number of rotatable bonds is 4. The normalized spacial score (nSPS) is 23.4. The van der Waals surface area contributed by atoms with Crippen LogP contribution in [-0.2, 0) is 4.79 Å². The van der Waals surface area contributed by atoms with Gasteiger partial charge in [0, 0.05) is 13.0 Å². The van der Waals surface area contributed by atoms with E-state index in [1.807, 2.05) is 0 Å². The highest BCUT2D eigenvalue weighted by atomic mass is 35.5. The number of benzene rings is 1. The van der Waals surface area contributed by atoms with Gasteiger partial charge in [-0.2, -0.15) is 0 Å². The van der Waals surface area contributed by atoms with Gasteiger partial charge in [0.2, 0.25) is 5.91 Å². The minimum absolute atomic E-state index is 0. The van der Waals surface area contributed by atoms with Crippen LogP contribution < -0.4 is 5.32 Å². The van der Waals surface area contributed by atoms with Crippen LogP contribution in [0.15, 0.2) is 30.3 Å². The first-order valence-corrected chi connectivity index (χ1v) is 9.81. The Morgan fingerprint density at radius 2 is 1.84 bits per heavy atom. The van der Waals surface area contributed by atoms with E-state index in [1.54, 1.807) is 0 Å². The third kappa shape index (κ3) is 5.46. The number of carbonyl (C=O) groups excluding carboxylic acids is 1. The smallest absolute Gasteiger partial charge is 0.223 e. The fourth-order valence-corrected chi connectivity index (χ4v) is 4.40. The summed E-state index contributed by atoms with van der Waals surface area (Å²) in [5.41, 5.74) is 1.31. The predicted molar refractivity (Wildman–Crippen MR) is 106 cm³/mol. The summed E-state index contributed by atoms with van der Waals surface area (Å²) in [5, 5.41) is 3.43. The molecule has 2 atom stereocenters. The third-order valence-electron chi connectivity index (χ3n) is 5.94. The molecule has 2 heterocycles. The number of amides is 1. The molecule has 0 radical (unpaired) electrons. The fraction of sp³-hybridized carbons (Fsp3) is 0.667. The highest BCUT2D eigenvalue weighted by Gasteiger charge is 2.29. The van der Waals surface area contributed by atoms with Crippen molar-refractivity contribution in [2.24, 2.45) is 11.8 Å². The van der Waals surface area contributed by atoms with Crippen molar-refractivity contribution in [3.8, 4) is 0 Å². The van der Waals surface area contributed by atoms with Crippen LogP contribution >= 0.6 is 12.4 Å². The van der Waals surface area contributed by atoms with E-state index in [2.05, 4.69) is 47.5 Å². The average Bonchev–Trinajstić information content (AvgIpc) is 2.89. The van der Waals surface area contributed by atoms with Crippen LogP contribution in [0.2, 0.25) is 0 Å². The van der Waals surface area contributed by atoms with Crippen molar-refractivity contribution in [1.82, 2.24) is 10.2 Å². The summed E-state index contributed by atoms with van der Waals surface area (Å²) in [5.74, 6) is 1.58. The number of halogens is 1. The molecule has 2 saturated heterocycles. The van der Waals surface area contributed by atoms with Crippen molar-refractivity contribution < 1.29 is 4.79 Å². The van der Waals surface area contributed by atoms with Gasteiger partial charge in [-0.15, -0.1) is 12.4 Å². The highest BCUT2D eigenvalue weighted by molar-refractivity contribution is 5.85. The van der Waals surface area contributed by atoms with Gasteiger partial charge in [0.05, 0.1) is 6.04 Å². The Bertz CT molecular complexity index is 516. The molecule has 140 valence electrons. The largest absolute Gasteiger partial charge is 0.336 e. The van der Waals surface area contributed by atoms with Crippen molar-refractivity contribution in [3.05, 3.63) is 35.9 Å². The van der Waals surface area contributed by atoms with E-state index in [-0.39, 0.29) is 18.4 Å². The van der Waals surface area contributed by atoms with E-state index in [0.29, 0.717) is 24.2 Å². The molecule has 2 fully saturated rings. The van der Waals surface area contributed by atoms with Gasteiger partial charge in [-0.3, -0.25) is 4.79 Å².